The third-order valence-corrected chi connectivity index (χ3v) is 2.03. The Morgan fingerprint density at radius 2 is 2.25 bits per heavy atom. The van der Waals surface area contributed by atoms with Gasteiger partial charge in [0.2, 0.25) is 0 Å². The number of aromatic hydroxyl groups is 1. The lowest BCUT2D eigenvalue weighted by Gasteiger charge is -1.94. The summed E-state index contributed by atoms with van der Waals surface area (Å²) >= 11 is 0. The van der Waals surface area contributed by atoms with Crippen LogP contribution in [0.4, 0.5) is 0 Å². The fourth-order valence-electron chi connectivity index (χ4n) is 1.28. The summed E-state index contributed by atoms with van der Waals surface area (Å²) in [5, 5.41) is 10.1. The monoisotopic (exact) mass is 162 g/mol. The van der Waals surface area contributed by atoms with Gasteiger partial charge in [0.25, 0.3) is 0 Å². The molecule has 0 spiro atoms. The van der Waals surface area contributed by atoms with Gasteiger partial charge in [-0.15, -0.1) is 0 Å². The molecular weight excluding hydrogens is 152 g/mol. The standard InChI is InChI=1S/C10H10O2/c1-2-7-3-4-10-8(5-7)9(11)6-12-10/h3-6,11H,2H2,1H3. The second kappa shape index (κ2) is 2.55. The minimum absolute atomic E-state index is 0.223. The zero-order chi connectivity index (χ0) is 8.55. The van der Waals surface area contributed by atoms with E-state index in [1.165, 1.54) is 11.8 Å². The number of furan rings is 1. The molecule has 0 aliphatic rings. The van der Waals surface area contributed by atoms with Gasteiger partial charge in [0.05, 0.1) is 5.39 Å². The molecule has 0 aliphatic carbocycles. The highest BCUT2D eigenvalue weighted by molar-refractivity contribution is 5.84. The van der Waals surface area contributed by atoms with Crippen molar-refractivity contribution in [3.8, 4) is 5.75 Å². The second-order valence-electron chi connectivity index (χ2n) is 2.81. The third kappa shape index (κ3) is 0.961. The van der Waals surface area contributed by atoms with Crippen LogP contribution in [0.15, 0.2) is 28.9 Å². The average Bonchev–Trinajstić information content (AvgIpc) is 2.47. The molecule has 0 bridgehead atoms. The first-order valence-corrected chi connectivity index (χ1v) is 4.00. The average molecular weight is 162 g/mol. The van der Waals surface area contributed by atoms with Crippen molar-refractivity contribution in [2.24, 2.45) is 0 Å². The summed E-state index contributed by atoms with van der Waals surface area (Å²) in [6, 6.07) is 5.84. The molecule has 1 aromatic heterocycles. The van der Waals surface area contributed by atoms with Crippen molar-refractivity contribution in [2.45, 2.75) is 13.3 Å². The molecule has 1 N–H and O–H groups in total. The first kappa shape index (κ1) is 7.22. The van der Waals surface area contributed by atoms with Crippen molar-refractivity contribution < 1.29 is 9.52 Å². The number of benzene rings is 1. The quantitative estimate of drug-likeness (QED) is 0.699. The molecule has 12 heavy (non-hydrogen) atoms. The molecular formula is C10H10O2. The second-order valence-corrected chi connectivity index (χ2v) is 2.81. The molecule has 0 saturated carbocycles. The summed E-state index contributed by atoms with van der Waals surface area (Å²) in [7, 11) is 0. The van der Waals surface area contributed by atoms with E-state index in [0.717, 1.165) is 17.4 Å². The molecule has 2 rings (SSSR count). The fourth-order valence-corrected chi connectivity index (χ4v) is 1.28. The lowest BCUT2D eigenvalue weighted by Crippen LogP contribution is -1.77. The number of rotatable bonds is 1. The molecule has 62 valence electrons. The van der Waals surface area contributed by atoms with E-state index in [2.05, 4.69) is 6.92 Å². The van der Waals surface area contributed by atoms with E-state index >= 15 is 0 Å². The first-order valence-electron chi connectivity index (χ1n) is 4.00. The van der Waals surface area contributed by atoms with Crippen LogP contribution in [0.5, 0.6) is 5.75 Å². The van der Waals surface area contributed by atoms with Crippen LogP contribution in [0.3, 0.4) is 0 Å². The highest BCUT2D eigenvalue weighted by atomic mass is 16.4. The number of hydrogen-bond donors (Lipinski definition) is 1. The summed E-state index contributed by atoms with van der Waals surface area (Å²) < 4.78 is 5.10. The van der Waals surface area contributed by atoms with Gasteiger partial charge in [-0.05, 0) is 24.1 Å². The van der Waals surface area contributed by atoms with Crippen LogP contribution >= 0.6 is 0 Å². The maximum atomic E-state index is 9.34. The third-order valence-electron chi connectivity index (χ3n) is 2.03. The van der Waals surface area contributed by atoms with E-state index in [0.29, 0.717) is 0 Å². The van der Waals surface area contributed by atoms with Crippen molar-refractivity contribution in [1.82, 2.24) is 0 Å². The van der Waals surface area contributed by atoms with Crippen LogP contribution in [-0.2, 0) is 6.42 Å². The summed E-state index contributed by atoms with van der Waals surface area (Å²) in [5.41, 5.74) is 1.95. The van der Waals surface area contributed by atoms with Gasteiger partial charge in [0.15, 0.2) is 5.75 Å². The molecule has 0 atom stereocenters. The maximum absolute atomic E-state index is 9.34. The predicted molar refractivity (Wildman–Crippen MR) is 47.3 cm³/mol. The van der Waals surface area contributed by atoms with Gasteiger partial charge in [0.1, 0.15) is 11.8 Å². The highest BCUT2D eigenvalue weighted by Gasteiger charge is 2.03. The van der Waals surface area contributed by atoms with Gasteiger partial charge in [-0.2, -0.15) is 0 Å². The lowest BCUT2D eigenvalue weighted by atomic mass is 10.1. The Bertz CT molecular complexity index is 401. The Hall–Kier alpha value is -1.44. The normalized spacial score (nSPS) is 10.8. The van der Waals surface area contributed by atoms with Crippen molar-refractivity contribution >= 4 is 11.0 Å². The number of hydrogen-bond acceptors (Lipinski definition) is 2. The fraction of sp³-hybridized carbons (Fsp3) is 0.200. The van der Waals surface area contributed by atoms with Gasteiger partial charge < -0.3 is 9.52 Å². The van der Waals surface area contributed by atoms with Gasteiger partial charge in [-0.3, -0.25) is 0 Å². The molecule has 0 unspecified atom stereocenters. The van der Waals surface area contributed by atoms with E-state index in [4.69, 9.17) is 4.42 Å². The van der Waals surface area contributed by atoms with Gasteiger partial charge in [-0.1, -0.05) is 13.0 Å². The van der Waals surface area contributed by atoms with Crippen LogP contribution in [-0.4, -0.2) is 5.11 Å². The van der Waals surface area contributed by atoms with Crippen LogP contribution < -0.4 is 0 Å². The molecule has 1 heterocycles. The van der Waals surface area contributed by atoms with Crippen LogP contribution in [0.1, 0.15) is 12.5 Å². The minimum atomic E-state index is 0.223. The largest absolute Gasteiger partial charge is 0.504 e. The molecule has 0 radical (unpaired) electrons. The lowest BCUT2D eigenvalue weighted by molar-refractivity contribution is 0.464. The smallest absolute Gasteiger partial charge is 0.161 e. The number of fused-ring (bicyclic) bond motifs is 1. The molecule has 1 aromatic carbocycles. The van der Waals surface area contributed by atoms with Crippen molar-refractivity contribution in [3.63, 3.8) is 0 Å². The van der Waals surface area contributed by atoms with E-state index in [9.17, 15) is 5.11 Å². The summed E-state index contributed by atoms with van der Waals surface area (Å²) in [5.74, 6) is 0.223. The summed E-state index contributed by atoms with van der Waals surface area (Å²) in [6.45, 7) is 2.08. The molecule has 0 saturated heterocycles. The Kier molecular flexibility index (Phi) is 1.54. The molecule has 0 amide bonds. The van der Waals surface area contributed by atoms with Gasteiger partial charge in [-0.25, -0.2) is 0 Å². The van der Waals surface area contributed by atoms with Crippen LogP contribution in [0.2, 0.25) is 0 Å². The Balaban J connectivity index is 2.71. The van der Waals surface area contributed by atoms with Gasteiger partial charge in [0, 0.05) is 0 Å². The first-order chi connectivity index (χ1) is 5.81. The molecule has 2 nitrogen and oxygen atoms in total. The predicted octanol–water partition coefficient (Wildman–Crippen LogP) is 2.70. The Labute approximate surface area is 70.4 Å². The van der Waals surface area contributed by atoms with E-state index in [1.54, 1.807) is 0 Å². The van der Waals surface area contributed by atoms with Gasteiger partial charge >= 0.3 is 0 Å². The number of aryl methyl sites for hydroxylation is 1. The Morgan fingerprint density at radius 1 is 1.42 bits per heavy atom. The topological polar surface area (TPSA) is 33.4 Å². The van der Waals surface area contributed by atoms with Crippen LogP contribution in [0.25, 0.3) is 11.0 Å². The summed E-state index contributed by atoms with van der Waals surface area (Å²) in [6.07, 6.45) is 2.34. The van der Waals surface area contributed by atoms with Crippen molar-refractivity contribution in [3.05, 3.63) is 30.0 Å². The zero-order valence-corrected chi connectivity index (χ0v) is 6.87. The maximum Gasteiger partial charge on any atom is 0.161 e. The van der Waals surface area contributed by atoms with E-state index in [1.807, 2.05) is 18.2 Å². The molecule has 0 fully saturated rings. The van der Waals surface area contributed by atoms with E-state index in [-0.39, 0.29) is 5.75 Å². The van der Waals surface area contributed by atoms with E-state index < -0.39 is 0 Å². The highest BCUT2D eigenvalue weighted by Crippen LogP contribution is 2.27. The zero-order valence-electron chi connectivity index (χ0n) is 6.87. The van der Waals surface area contributed by atoms with Crippen molar-refractivity contribution in [2.75, 3.05) is 0 Å². The minimum Gasteiger partial charge on any atom is -0.504 e. The molecule has 2 heteroatoms. The summed E-state index contributed by atoms with van der Waals surface area (Å²) in [4.78, 5) is 0. The molecule has 2 aromatic rings. The van der Waals surface area contributed by atoms with Crippen molar-refractivity contribution in [1.29, 1.82) is 0 Å². The Morgan fingerprint density at radius 3 is 3.00 bits per heavy atom. The molecule has 0 aliphatic heterocycles. The van der Waals surface area contributed by atoms with Crippen LogP contribution in [0, 0.1) is 0 Å². The SMILES string of the molecule is CCc1ccc2occ(O)c2c1.